The van der Waals surface area contributed by atoms with Gasteiger partial charge in [0.05, 0.1) is 0 Å². The van der Waals surface area contributed by atoms with Gasteiger partial charge in [0.25, 0.3) is 0 Å². The molecule has 0 bridgehead atoms. The highest BCUT2D eigenvalue weighted by atomic mass is 79.9. The van der Waals surface area contributed by atoms with Gasteiger partial charge in [-0.05, 0) is 51.3 Å². The van der Waals surface area contributed by atoms with Gasteiger partial charge in [-0.3, -0.25) is 0 Å². The van der Waals surface area contributed by atoms with Crippen LogP contribution in [0.25, 0.3) is 0 Å². The smallest absolute Gasteiger partial charge is 0.125 e. The summed E-state index contributed by atoms with van der Waals surface area (Å²) in [6.45, 7) is 4.48. The van der Waals surface area contributed by atoms with Gasteiger partial charge in [0.15, 0.2) is 0 Å². The summed E-state index contributed by atoms with van der Waals surface area (Å²) >= 11 is 3.55. The lowest BCUT2D eigenvalue weighted by molar-refractivity contribution is 0.101. The third kappa shape index (κ3) is 3.73. The number of rotatable bonds is 4. The van der Waals surface area contributed by atoms with E-state index in [1.807, 2.05) is 7.05 Å². The summed E-state index contributed by atoms with van der Waals surface area (Å²) < 4.78 is 7.41. The normalized spacial score (nSPS) is 25.1. The Kier molecular flexibility index (Phi) is 5.28. The zero-order valence-corrected chi connectivity index (χ0v) is 13.7. The third-order valence-electron chi connectivity index (χ3n) is 4.19. The van der Waals surface area contributed by atoms with Crippen molar-refractivity contribution in [2.24, 2.45) is 5.92 Å². The van der Waals surface area contributed by atoms with E-state index in [9.17, 15) is 0 Å². The minimum absolute atomic E-state index is 0.307. The minimum Gasteiger partial charge on any atom is -0.490 e. The van der Waals surface area contributed by atoms with E-state index in [0.717, 1.165) is 10.2 Å². The predicted molar refractivity (Wildman–Crippen MR) is 83.7 cm³/mol. The summed E-state index contributed by atoms with van der Waals surface area (Å²) in [6.07, 6.45) is 5.47. The molecule has 1 N–H and O–H groups in total. The molecule has 0 spiro atoms. The fraction of sp³-hybridized carbons (Fsp3) is 0.625. The molecule has 1 aliphatic rings. The SMILES string of the molecule is CNC(C)c1ccc(Br)cc1OC1CCCCC1C. The Morgan fingerprint density at radius 1 is 1.32 bits per heavy atom. The van der Waals surface area contributed by atoms with Gasteiger partial charge in [-0.2, -0.15) is 0 Å². The van der Waals surface area contributed by atoms with Crippen LogP contribution in [-0.4, -0.2) is 13.2 Å². The molecule has 3 unspecified atom stereocenters. The first-order valence-corrected chi connectivity index (χ1v) is 8.04. The average Bonchev–Trinajstić information content (AvgIpc) is 2.41. The quantitative estimate of drug-likeness (QED) is 0.867. The lowest BCUT2D eigenvalue weighted by atomic mass is 9.88. The lowest BCUT2D eigenvalue weighted by Crippen LogP contribution is -2.29. The summed E-state index contributed by atoms with van der Waals surface area (Å²) in [6, 6.07) is 6.64. The van der Waals surface area contributed by atoms with E-state index in [0.29, 0.717) is 18.1 Å². The van der Waals surface area contributed by atoms with Crippen LogP contribution in [0.3, 0.4) is 0 Å². The van der Waals surface area contributed by atoms with Crippen molar-refractivity contribution in [3.63, 3.8) is 0 Å². The third-order valence-corrected chi connectivity index (χ3v) is 4.68. The van der Waals surface area contributed by atoms with Crippen molar-refractivity contribution >= 4 is 15.9 Å². The predicted octanol–water partition coefficient (Wildman–Crippen LogP) is 4.69. The van der Waals surface area contributed by atoms with Gasteiger partial charge in [0.1, 0.15) is 11.9 Å². The molecule has 1 saturated carbocycles. The number of hydrogen-bond donors (Lipinski definition) is 1. The van der Waals surface area contributed by atoms with Crippen molar-refractivity contribution in [1.82, 2.24) is 5.32 Å². The Balaban J connectivity index is 2.19. The van der Waals surface area contributed by atoms with E-state index in [1.54, 1.807) is 0 Å². The maximum absolute atomic E-state index is 6.33. The first kappa shape index (κ1) is 14.9. The second-order valence-corrected chi connectivity index (χ2v) is 6.53. The van der Waals surface area contributed by atoms with Crippen LogP contribution in [0.5, 0.6) is 5.75 Å². The first-order valence-electron chi connectivity index (χ1n) is 7.25. The molecule has 1 aliphatic carbocycles. The van der Waals surface area contributed by atoms with Crippen LogP contribution in [0, 0.1) is 5.92 Å². The van der Waals surface area contributed by atoms with Crippen LogP contribution in [0.15, 0.2) is 22.7 Å². The number of hydrogen-bond acceptors (Lipinski definition) is 2. The van der Waals surface area contributed by atoms with E-state index < -0.39 is 0 Å². The highest BCUT2D eigenvalue weighted by Gasteiger charge is 2.24. The van der Waals surface area contributed by atoms with Gasteiger partial charge in [0, 0.05) is 16.1 Å². The Labute approximate surface area is 125 Å². The summed E-state index contributed by atoms with van der Waals surface area (Å²) in [5.74, 6) is 1.68. The van der Waals surface area contributed by atoms with Crippen LogP contribution in [0.1, 0.15) is 51.1 Å². The van der Waals surface area contributed by atoms with E-state index >= 15 is 0 Å². The van der Waals surface area contributed by atoms with Crippen LogP contribution < -0.4 is 10.1 Å². The fourth-order valence-electron chi connectivity index (χ4n) is 2.74. The molecule has 19 heavy (non-hydrogen) atoms. The van der Waals surface area contributed by atoms with Crippen molar-refractivity contribution in [3.8, 4) is 5.75 Å². The lowest BCUT2D eigenvalue weighted by Gasteiger charge is -2.30. The summed E-state index contributed by atoms with van der Waals surface area (Å²) in [5.41, 5.74) is 1.24. The molecule has 1 fully saturated rings. The Bertz CT molecular complexity index is 421. The molecular weight excluding hydrogens is 302 g/mol. The van der Waals surface area contributed by atoms with Gasteiger partial charge in [0.2, 0.25) is 0 Å². The molecule has 2 rings (SSSR count). The maximum atomic E-state index is 6.33. The van der Waals surface area contributed by atoms with E-state index in [-0.39, 0.29) is 0 Å². The molecule has 0 aromatic heterocycles. The van der Waals surface area contributed by atoms with Gasteiger partial charge < -0.3 is 10.1 Å². The van der Waals surface area contributed by atoms with Crippen LogP contribution in [0.4, 0.5) is 0 Å². The van der Waals surface area contributed by atoms with Crippen molar-refractivity contribution in [2.75, 3.05) is 7.05 Å². The molecule has 106 valence electrons. The largest absolute Gasteiger partial charge is 0.490 e. The molecule has 3 atom stereocenters. The summed E-state index contributed by atoms with van der Waals surface area (Å²) in [7, 11) is 1.99. The zero-order valence-electron chi connectivity index (χ0n) is 12.1. The molecule has 1 aromatic rings. The van der Waals surface area contributed by atoms with Crippen molar-refractivity contribution in [2.45, 2.75) is 51.7 Å². The van der Waals surface area contributed by atoms with Gasteiger partial charge in [-0.25, -0.2) is 0 Å². The fourth-order valence-corrected chi connectivity index (χ4v) is 3.08. The van der Waals surface area contributed by atoms with E-state index in [4.69, 9.17) is 4.74 Å². The molecule has 3 heteroatoms. The Morgan fingerprint density at radius 3 is 2.74 bits per heavy atom. The van der Waals surface area contributed by atoms with E-state index in [1.165, 1.54) is 31.2 Å². The van der Waals surface area contributed by atoms with Gasteiger partial charge >= 0.3 is 0 Å². The maximum Gasteiger partial charge on any atom is 0.125 e. The zero-order chi connectivity index (χ0) is 13.8. The minimum atomic E-state index is 0.307. The highest BCUT2D eigenvalue weighted by Crippen LogP contribution is 2.33. The topological polar surface area (TPSA) is 21.3 Å². The standard InChI is InChI=1S/C16H24BrNO/c1-11-6-4-5-7-15(11)19-16-10-13(17)8-9-14(16)12(2)18-3/h8-12,15,18H,4-7H2,1-3H3. The number of nitrogens with one attached hydrogen (secondary N) is 1. The molecule has 1 aromatic carbocycles. The molecule has 0 radical (unpaired) electrons. The van der Waals surface area contributed by atoms with E-state index in [2.05, 4.69) is 53.3 Å². The van der Waals surface area contributed by atoms with Crippen LogP contribution in [0.2, 0.25) is 0 Å². The highest BCUT2D eigenvalue weighted by molar-refractivity contribution is 9.10. The number of ether oxygens (including phenoxy) is 1. The molecule has 0 aliphatic heterocycles. The molecule has 0 heterocycles. The average molecular weight is 326 g/mol. The van der Waals surface area contributed by atoms with Crippen molar-refractivity contribution in [3.05, 3.63) is 28.2 Å². The van der Waals surface area contributed by atoms with Crippen LogP contribution in [-0.2, 0) is 0 Å². The Hall–Kier alpha value is -0.540. The van der Waals surface area contributed by atoms with Gasteiger partial charge in [-0.1, -0.05) is 35.3 Å². The number of benzene rings is 1. The summed E-state index contributed by atoms with van der Waals surface area (Å²) in [4.78, 5) is 0. The summed E-state index contributed by atoms with van der Waals surface area (Å²) in [5, 5.41) is 3.29. The molecular formula is C16H24BrNO. The molecule has 2 nitrogen and oxygen atoms in total. The van der Waals surface area contributed by atoms with Crippen LogP contribution >= 0.6 is 15.9 Å². The second kappa shape index (κ2) is 6.76. The Morgan fingerprint density at radius 2 is 2.05 bits per heavy atom. The van der Waals surface area contributed by atoms with Crippen molar-refractivity contribution < 1.29 is 4.74 Å². The monoisotopic (exact) mass is 325 g/mol. The molecule has 0 amide bonds. The first-order chi connectivity index (χ1) is 9.11. The molecule has 0 saturated heterocycles. The number of halogens is 1. The second-order valence-electron chi connectivity index (χ2n) is 5.61. The van der Waals surface area contributed by atoms with Gasteiger partial charge in [-0.15, -0.1) is 0 Å². The van der Waals surface area contributed by atoms with Crippen molar-refractivity contribution in [1.29, 1.82) is 0 Å².